The minimum absolute atomic E-state index is 0.0940. The molecule has 1 fully saturated rings. The fraction of sp³-hybridized carbons (Fsp3) is 0.333. The van der Waals surface area contributed by atoms with Crippen LogP contribution in [0.15, 0.2) is 52.4 Å². The SMILES string of the molecule is Cc1ccc(C)c(S(=O)(=O)N2CCC(n3cnc4ccc(Cl)cc4c3=O)CC2)c1. The van der Waals surface area contributed by atoms with Gasteiger partial charge in [0, 0.05) is 24.2 Å². The molecule has 1 aromatic heterocycles. The van der Waals surface area contributed by atoms with Gasteiger partial charge in [0.25, 0.3) is 5.56 Å². The van der Waals surface area contributed by atoms with Crippen LogP contribution < -0.4 is 5.56 Å². The number of hydrogen-bond acceptors (Lipinski definition) is 4. The molecule has 0 spiro atoms. The first kappa shape index (κ1) is 20.1. The van der Waals surface area contributed by atoms with Crippen LogP contribution in [0, 0.1) is 13.8 Å². The Kier molecular flexibility index (Phi) is 5.23. The smallest absolute Gasteiger partial charge is 0.261 e. The normalized spacial score (nSPS) is 16.4. The van der Waals surface area contributed by atoms with Crippen molar-refractivity contribution >= 4 is 32.5 Å². The molecule has 29 heavy (non-hydrogen) atoms. The standard InChI is InChI=1S/C21H22ClN3O3S/c1-14-3-4-15(2)20(11-14)29(27,28)24-9-7-17(8-10-24)25-13-23-19-6-5-16(22)12-18(19)21(25)26/h3-6,11-13,17H,7-10H2,1-2H3. The predicted octanol–water partition coefficient (Wildman–Crippen LogP) is 3.69. The summed E-state index contributed by atoms with van der Waals surface area (Å²) >= 11 is 6.03. The lowest BCUT2D eigenvalue weighted by atomic mass is 10.1. The second-order valence-electron chi connectivity index (χ2n) is 7.52. The van der Waals surface area contributed by atoms with E-state index in [0.29, 0.717) is 46.8 Å². The summed E-state index contributed by atoms with van der Waals surface area (Å²) in [4.78, 5) is 17.6. The first-order valence-corrected chi connectivity index (χ1v) is 11.3. The largest absolute Gasteiger partial charge is 0.296 e. The Hall–Kier alpha value is -2.22. The summed E-state index contributed by atoms with van der Waals surface area (Å²) in [7, 11) is -3.56. The van der Waals surface area contributed by atoms with Crippen LogP contribution in [0.4, 0.5) is 0 Å². The van der Waals surface area contributed by atoms with Crippen molar-refractivity contribution in [3.05, 3.63) is 69.2 Å². The molecule has 0 atom stereocenters. The highest BCUT2D eigenvalue weighted by molar-refractivity contribution is 7.89. The maximum absolute atomic E-state index is 13.1. The molecule has 1 aliphatic rings. The highest BCUT2D eigenvalue weighted by atomic mass is 35.5. The van der Waals surface area contributed by atoms with Gasteiger partial charge in [-0.3, -0.25) is 9.36 Å². The van der Waals surface area contributed by atoms with Gasteiger partial charge in [-0.15, -0.1) is 0 Å². The summed E-state index contributed by atoms with van der Waals surface area (Å²) in [5.74, 6) is 0. The summed E-state index contributed by atoms with van der Waals surface area (Å²) in [6.07, 6.45) is 2.66. The van der Waals surface area contributed by atoms with E-state index in [2.05, 4.69) is 4.98 Å². The zero-order valence-electron chi connectivity index (χ0n) is 16.3. The van der Waals surface area contributed by atoms with E-state index in [4.69, 9.17) is 11.6 Å². The minimum atomic E-state index is -3.56. The zero-order valence-corrected chi connectivity index (χ0v) is 17.9. The molecule has 2 aromatic carbocycles. The average Bonchev–Trinajstić information content (AvgIpc) is 2.70. The summed E-state index contributed by atoms with van der Waals surface area (Å²) in [5, 5.41) is 0.967. The number of piperidine rings is 1. The van der Waals surface area contributed by atoms with Crippen LogP contribution in [-0.4, -0.2) is 35.4 Å². The summed E-state index contributed by atoms with van der Waals surface area (Å²) < 4.78 is 29.4. The van der Waals surface area contributed by atoms with Gasteiger partial charge in [0.15, 0.2) is 0 Å². The second kappa shape index (κ2) is 7.55. The van der Waals surface area contributed by atoms with Gasteiger partial charge in [-0.2, -0.15) is 4.31 Å². The van der Waals surface area contributed by atoms with E-state index >= 15 is 0 Å². The van der Waals surface area contributed by atoms with E-state index in [1.807, 2.05) is 26.0 Å². The molecule has 0 saturated carbocycles. The Morgan fingerprint density at radius 2 is 1.79 bits per heavy atom. The molecule has 0 N–H and O–H groups in total. The topological polar surface area (TPSA) is 72.3 Å². The Balaban J connectivity index is 1.58. The van der Waals surface area contributed by atoms with E-state index < -0.39 is 10.0 Å². The molecule has 0 radical (unpaired) electrons. The average molecular weight is 432 g/mol. The molecule has 2 heterocycles. The van der Waals surface area contributed by atoms with Crippen molar-refractivity contribution in [2.45, 2.75) is 37.6 Å². The first-order valence-electron chi connectivity index (χ1n) is 9.51. The second-order valence-corrected chi connectivity index (χ2v) is 9.87. The van der Waals surface area contributed by atoms with Gasteiger partial charge >= 0.3 is 0 Å². The van der Waals surface area contributed by atoms with Gasteiger partial charge in [0.2, 0.25) is 10.0 Å². The molecular formula is C21H22ClN3O3S. The van der Waals surface area contributed by atoms with Crippen LogP contribution in [0.3, 0.4) is 0 Å². The quantitative estimate of drug-likeness (QED) is 0.634. The molecule has 0 aliphatic carbocycles. The molecule has 0 bridgehead atoms. The van der Waals surface area contributed by atoms with Gasteiger partial charge < -0.3 is 0 Å². The van der Waals surface area contributed by atoms with Crippen molar-refractivity contribution in [3.63, 3.8) is 0 Å². The van der Waals surface area contributed by atoms with Gasteiger partial charge in [0.1, 0.15) is 0 Å². The van der Waals surface area contributed by atoms with Crippen molar-refractivity contribution < 1.29 is 8.42 Å². The number of benzene rings is 2. The molecule has 152 valence electrons. The molecule has 6 nitrogen and oxygen atoms in total. The van der Waals surface area contributed by atoms with Crippen LogP contribution in [0.1, 0.15) is 30.0 Å². The number of fused-ring (bicyclic) bond motifs is 1. The van der Waals surface area contributed by atoms with Gasteiger partial charge in [-0.1, -0.05) is 23.7 Å². The fourth-order valence-corrected chi connectivity index (χ4v) is 5.80. The summed E-state index contributed by atoms with van der Waals surface area (Å²) in [5.41, 5.74) is 2.11. The van der Waals surface area contributed by atoms with Crippen molar-refractivity contribution in [2.75, 3.05) is 13.1 Å². The number of nitrogens with zero attached hydrogens (tertiary/aromatic N) is 3. The molecule has 1 saturated heterocycles. The third-order valence-corrected chi connectivity index (χ3v) is 7.80. The molecular weight excluding hydrogens is 410 g/mol. The highest BCUT2D eigenvalue weighted by Gasteiger charge is 2.31. The zero-order chi connectivity index (χ0) is 20.8. The maximum atomic E-state index is 13.1. The number of aromatic nitrogens is 2. The van der Waals surface area contributed by atoms with Crippen LogP contribution in [0.5, 0.6) is 0 Å². The minimum Gasteiger partial charge on any atom is -0.296 e. The molecule has 0 amide bonds. The van der Waals surface area contributed by atoms with Crippen LogP contribution in [0.2, 0.25) is 5.02 Å². The fourth-order valence-electron chi connectivity index (χ4n) is 3.85. The first-order chi connectivity index (χ1) is 13.8. The third-order valence-electron chi connectivity index (χ3n) is 5.52. The lowest BCUT2D eigenvalue weighted by Crippen LogP contribution is -2.41. The number of hydrogen-bond donors (Lipinski definition) is 0. The lowest BCUT2D eigenvalue weighted by molar-refractivity contribution is 0.269. The van der Waals surface area contributed by atoms with Gasteiger partial charge in [0.05, 0.1) is 22.1 Å². The molecule has 0 unspecified atom stereocenters. The van der Waals surface area contributed by atoms with Crippen molar-refractivity contribution in [1.29, 1.82) is 0 Å². The molecule has 1 aliphatic heterocycles. The maximum Gasteiger partial charge on any atom is 0.261 e. The highest BCUT2D eigenvalue weighted by Crippen LogP contribution is 2.28. The van der Waals surface area contributed by atoms with E-state index in [0.717, 1.165) is 11.1 Å². The number of halogens is 1. The van der Waals surface area contributed by atoms with Crippen LogP contribution in [0.25, 0.3) is 10.9 Å². The molecule has 4 rings (SSSR count). The van der Waals surface area contributed by atoms with E-state index in [-0.39, 0.29) is 11.6 Å². The van der Waals surface area contributed by atoms with E-state index in [9.17, 15) is 13.2 Å². The summed E-state index contributed by atoms with van der Waals surface area (Å²) in [6, 6.07) is 10.4. The number of rotatable bonds is 3. The van der Waals surface area contributed by atoms with Gasteiger partial charge in [-0.05, 0) is 62.1 Å². The van der Waals surface area contributed by atoms with Crippen LogP contribution in [-0.2, 0) is 10.0 Å². The molecule has 8 heteroatoms. The number of sulfonamides is 1. The Bertz CT molecular complexity index is 1250. The van der Waals surface area contributed by atoms with Crippen molar-refractivity contribution in [1.82, 2.24) is 13.9 Å². The Labute approximate surface area is 174 Å². The lowest BCUT2D eigenvalue weighted by Gasteiger charge is -2.32. The van der Waals surface area contributed by atoms with E-state index in [1.165, 1.54) is 4.31 Å². The Morgan fingerprint density at radius 3 is 2.52 bits per heavy atom. The predicted molar refractivity (Wildman–Crippen MR) is 114 cm³/mol. The summed E-state index contributed by atoms with van der Waals surface area (Å²) in [6.45, 7) is 4.42. The number of aryl methyl sites for hydroxylation is 2. The van der Waals surface area contributed by atoms with Crippen molar-refractivity contribution in [3.8, 4) is 0 Å². The Morgan fingerprint density at radius 1 is 1.07 bits per heavy atom. The monoisotopic (exact) mass is 431 g/mol. The van der Waals surface area contributed by atoms with Gasteiger partial charge in [-0.25, -0.2) is 13.4 Å². The third kappa shape index (κ3) is 3.70. The molecule has 3 aromatic rings. The van der Waals surface area contributed by atoms with Crippen molar-refractivity contribution in [2.24, 2.45) is 0 Å². The van der Waals surface area contributed by atoms with Crippen LogP contribution >= 0.6 is 11.6 Å². The van der Waals surface area contributed by atoms with E-state index in [1.54, 1.807) is 35.2 Å².